The maximum atomic E-state index is 12.4. The number of carbonyl (C=O) groups excluding carboxylic acids is 1. The number of rotatable bonds is 14. The maximum Gasteiger partial charge on any atom is 0.313 e. The Morgan fingerprint density at radius 1 is 0.931 bits per heavy atom. The number of likely N-dealkylation sites (N-methyl/N-ethyl adjacent to an activating group) is 1. The van der Waals surface area contributed by atoms with Crippen LogP contribution < -0.4 is 17.0 Å². The smallest absolute Gasteiger partial charge is 0.313 e. The number of ether oxygens (including phenoxy) is 1. The molecule has 29 heavy (non-hydrogen) atoms. The Bertz CT molecular complexity index is 554. The van der Waals surface area contributed by atoms with E-state index in [4.69, 9.17) is 4.74 Å². The highest BCUT2D eigenvalue weighted by Gasteiger charge is 2.19. The second-order valence-electron chi connectivity index (χ2n) is 9.38. The maximum absolute atomic E-state index is 12.4. The molecule has 0 spiro atoms. The number of quaternary nitrogens is 1. The third-order valence-corrected chi connectivity index (χ3v) is 5.54. The SMILES string of the molecule is CCCCCCCC[N+](C)(C)CCOC(=O)C(C)c1ccc(CC(C)C)cc1.[Br-]. The molecule has 1 atom stereocenters. The highest BCUT2D eigenvalue weighted by atomic mass is 79.9. The summed E-state index contributed by atoms with van der Waals surface area (Å²) in [4.78, 5) is 12.4. The Labute approximate surface area is 190 Å². The normalized spacial score (nSPS) is 12.5. The molecule has 0 aliphatic rings. The first-order valence-corrected chi connectivity index (χ1v) is 11.3. The van der Waals surface area contributed by atoms with Crippen molar-refractivity contribution in [2.45, 2.75) is 78.6 Å². The second kappa shape index (κ2) is 15.0. The van der Waals surface area contributed by atoms with Crippen molar-refractivity contribution in [2.24, 2.45) is 5.92 Å². The number of hydrogen-bond donors (Lipinski definition) is 0. The zero-order valence-corrected chi connectivity index (χ0v) is 21.3. The molecule has 0 saturated carbocycles. The predicted octanol–water partition coefficient (Wildman–Crippen LogP) is 2.97. The van der Waals surface area contributed by atoms with E-state index in [1.54, 1.807) is 0 Å². The van der Waals surface area contributed by atoms with Crippen molar-refractivity contribution >= 4 is 5.97 Å². The molecule has 0 radical (unpaired) electrons. The van der Waals surface area contributed by atoms with Crippen LogP contribution in [0.4, 0.5) is 0 Å². The summed E-state index contributed by atoms with van der Waals surface area (Å²) in [6, 6.07) is 8.42. The van der Waals surface area contributed by atoms with Crippen LogP contribution in [0.25, 0.3) is 0 Å². The Morgan fingerprint density at radius 3 is 2.10 bits per heavy atom. The van der Waals surface area contributed by atoms with Crippen LogP contribution in [-0.4, -0.2) is 44.2 Å². The van der Waals surface area contributed by atoms with Crippen LogP contribution in [0, 0.1) is 5.92 Å². The summed E-state index contributed by atoms with van der Waals surface area (Å²) in [7, 11) is 4.47. The molecule has 0 N–H and O–H groups in total. The molecule has 1 rings (SSSR count). The first-order valence-electron chi connectivity index (χ1n) is 11.3. The molecule has 1 aromatic rings. The van der Waals surface area contributed by atoms with Crippen molar-refractivity contribution < 1.29 is 31.0 Å². The van der Waals surface area contributed by atoms with E-state index in [-0.39, 0.29) is 28.9 Å². The monoisotopic (exact) mass is 469 g/mol. The molecule has 0 bridgehead atoms. The first-order chi connectivity index (χ1) is 13.2. The zero-order chi connectivity index (χ0) is 21.0. The van der Waals surface area contributed by atoms with Crippen LogP contribution in [0.3, 0.4) is 0 Å². The van der Waals surface area contributed by atoms with Gasteiger partial charge in [-0.15, -0.1) is 0 Å². The molecule has 0 amide bonds. The first kappa shape index (κ1) is 28.1. The molecule has 0 aromatic heterocycles. The summed E-state index contributed by atoms with van der Waals surface area (Å²) < 4.78 is 6.51. The average molecular weight is 471 g/mol. The van der Waals surface area contributed by atoms with Gasteiger partial charge in [0.15, 0.2) is 0 Å². The van der Waals surface area contributed by atoms with Gasteiger partial charge in [0.1, 0.15) is 13.2 Å². The van der Waals surface area contributed by atoms with E-state index in [0.29, 0.717) is 12.5 Å². The molecule has 1 unspecified atom stereocenters. The van der Waals surface area contributed by atoms with Crippen LogP contribution in [0.15, 0.2) is 24.3 Å². The van der Waals surface area contributed by atoms with Crippen molar-refractivity contribution in [3.05, 3.63) is 35.4 Å². The highest BCUT2D eigenvalue weighted by molar-refractivity contribution is 5.77. The van der Waals surface area contributed by atoms with Gasteiger partial charge >= 0.3 is 5.97 Å². The van der Waals surface area contributed by atoms with E-state index in [2.05, 4.69) is 59.1 Å². The summed E-state index contributed by atoms with van der Waals surface area (Å²) >= 11 is 0. The molecular formula is C25H44BrNO2. The van der Waals surface area contributed by atoms with Gasteiger partial charge in [-0.1, -0.05) is 70.7 Å². The molecule has 0 aliphatic heterocycles. The molecule has 0 saturated heterocycles. The summed E-state index contributed by atoms with van der Waals surface area (Å²) in [6.45, 7) is 11.2. The molecule has 1 aromatic carbocycles. The van der Waals surface area contributed by atoms with Crippen molar-refractivity contribution in [3.63, 3.8) is 0 Å². The van der Waals surface area contributed by atoms with Gasteiger partial charge in [0.2, 0.25) is 0 Å². The van der Waals surface area contributed by atoms with Crippen molar-refractivity contribution in [1.82, 2.24) is 0 Å². The highest BCUT2D eigenvalue weighted by Crippen LogP contribution is 2.19. The molecule has 0 fully saturated rings. The number of unbranched alkanes of at least 4 members (excludes halogenated alkanes) is 5. The Hall–Kier alpha value is -0.870. The third-order valence-electron chi connectivity index (χ3n) is 5.54. The lowest BCUT2D eigenvalue weighted by Crippen LogP contribution is -3.00. The zero-order valence-electron chi connectivity index (χ0n) is 19.7. The topological polar surface area (TPSA) is 26.3 Å². The number of esters is 1. The van der Waals surface area contributed by atoms with Crippen LogP contribution in [0.1, 0.15) is 83.3 Å². The molecule has 4 heteroatoms. The van der Waals surface area contributed by atoms with E-state index >= 15 is 0 Å². The Morgan fingerprint density at radius 2 is 1.52 bits per heavy atom. The number of benzene rings is 1. The summed E-state index contributed by atoms with van der Waals surface area (Å²) in [5.74, 6) is 0.324. The largest absolute Gasteiger partial charge is 1.00 e. The lowest BCUT2D eigenvalue weighted by atomic mass is 9.97. The summed E-state index contributed by atoms with van der Waals surface area (Å²) in [6.07, 6.45) is 8.99. The van der Waals surface area contributed by atoms with Gasteiger partial charge in [0.05, 0.1) is 26.6 Å². The second-order valence-corrected chi connectivity index (χ2v) is 9.38. The van der Waals surface area contributed by atoms with Gasteiger partial charge in [-0.2, -0.15) is 0 Å². The molecule has 168 valence electrons. The van der Waals surface area contributed by atoms with Crippen LogP contribution in [0.5, 0.6) is 0 Å². The van der Waals surface area contributed by atoms with Gasteiger partial charge in [-0.25, -0.2) is 0 Å². The third kappa shape index (κ3) is 12.4. The fourth-order valence-corrected chi connectivity index (χ4v) is 3.50. The molecule has 0 aliphatic carbocycles. The lowest BCUT2D eigenvalue weighted by molar-refractivity contribution is -0.890. The summed E-state index contributed by atoms with van der Waals surface area (Å²) in [5.41, 5.74) is 2.37. The molecule has 3 nitrogen and oxygen atoms in total. The lowest BCUT2D eigenvalue weighted by Gasteiger charge is -2.29. The fourth-order valence-electron chi connectivity index (χ4n) is 3.50. The van der Waals surface area contributed by atoms with E-state index in [1.165, 1.54) is 44.1 Å². The standard InChI is InChI=1S/C25H44NO2.BrH/c1-7-8-9-10-11-12-17-26(5,6)18-19-28-25(27)22(4)24-15-13-23(14-16-24)20-21(2)3;/h13-16,21-22H,7-12,17-20H2,1-6H3;1H/q+1;/p-1. The van der Waals surface area contributed by atoms with Gasteiger partial charge in [-0.3, -0.25) is 4.79 Å². The fraction of sp³-hybridized carbons (Fsp3) is 0.720. The van der Waals surface area contributed by atoms with Crippen LogP contribution in [0.2, 0.25) is 0 Å². The van der Waals surface area contributed by atoms with E-state index in [1.807, 2.05) is 6.92 Å². The van der Waals surface area contributed by atoms with Crippen molar-refractivity contribution in [2.75, 3.05) is 33.8 Å². The molecule has 0 heterocycles. The van der Waals surface area contributed by atoms with Gasteiger partial charge in [0.25, 0.3) is 0 Å². The van der Waals surface area contributed by atoms with Crippen molar-refractivity contribution in [3.8, 4) is 0 Å². The van der Waals surface area contributed by atoms with Crippen LogP contribution in [-0.2, 0) is 16.0 Å². The number of halogens is 1. The minimum Gasteiger partial charge on any atom is -1.00 e. The predicted molar refractivity (Wildman–Crippen MR) is 120 cm³/mol. The van der Waals surface area contributed by atoms with Gasteiger partial charge in [-0.05, 0) is 43.2 Å². The minimum atomic E-state index is -0.206. The van der Waals surface area contributed by atoms with Crippen molar-refractivity contribution in [1.29, 1.82) is 0 Å². The summed E-state index contributed by atoms with van der Waals surface area (Å²) in [5, 5.41) is 0. The Balaban J connectivity index is 0.00000784. The van der Waals surface area contributed by atoms with E-state index in [9.17, 15) is 4.79 Å². The Kier molecular flexibility index (Phi) is 14.6. The quantitative estimate of drug-likeness (QED) is 0.238. The van der Waals surface area contributed by atoms with Gasteiger partial charge < -0.3 is 26.2 Å². The number of carbonyl (C=O) groups is 1. The van der Waals surface area contributed by atoms with Crippen LogP contribution >= 0.6 is 0 Å². The molecular weight excluding hydrogens is 426 g/mol. The number of nitrogens with zero attached hydrogens (tertiary/aromatic N) is 1. The number of hydrogen-bond acceptors (Lipinski definition) is 2. The minimum absolute atomic E-state index is 0. The van der Waals surface area contributed by atoms with E-state index in [0.717, 1.165) is 29.6 Å². The van der Waals surface area contributed by atoms with Gasteiger partial charge in [0, 0.05) is 0 Å². The average Bonchev–Trinajstić information content (AvgIpc) is 2.64. The van der Waals surface area contributed by atoms with E-state index < -0.39 is 0 Å².